The topological polar surface area (TPSA) is 83.6 Å². The second-order valence-electron chi connectivity index (χ2n) is 0.544. The predicted molar refractivity (Wildman–Crippen MR) is 25.0 cm³/mol. The van der Waals surface area contributed by atoms with Crippen LogP contribution in [0.3, 0.4) is 0 Å². The number of hydrogen-bond donors (Lipinski definition) is 3. The molecule has 0 unspecified atom stereocenters. The van der Waals surface area contributed by atoms with E-state index in [1.54, 1.807) is 0 Å². The van der Waals surface area contributed by atoms with E-state index in [0.717, 1.165) is 0 Å². The van der Waals surface area contributed by atoms with Crippen molar-refractivity contribution in [2.75, 3.05) is 0 Å². The summed E-state index contributed by atoms with van der Waals surface area (Å²) in [5.41, 5.74) is 0. The minimum absolute atomic E-state index is 0.0208. The van der Waals surface area contributed by atoms with E-state index in [9.17, 15) is 4.21 Å². The molecular formula is H4NO3S2+. The van der Waals surface area contributed by atoms with Crippen molar-refractivity contribution in [3.63, 3.8) is 0 Å². The fraction of sp³-hybridized carbons (Fsp3) is 0. The molecule has 38 valence electrons. The van der Waals surface area contributed by atoms with Crippen LogP contribution in [0, 0.1) is 0 Å². The van der Waals surface area contributed by atoms with Crippen LogP contribution in [0.25, 0.3) is 0 Å². The fourth-order valence-corrected chi connectivity index (χ4v) is 0. The van der Waals surface area contributed by atoms with Gasteiger partial charge in [-0.3, -0.25) is 0 Å². The summed E-state index contributed by atoms with van der Waals surface area (Å²) in [7, 11) is -3.70. The van der Waals surface area contributed by atoms with Gasteiger partial charge in [-0.25, -0.2) is 9.11 Å². The van der Waals surface area contributed by atoms with Crippen molar-refractivity contribution >= 4 is 19.6 Å². The average Bonchev–Trinajstić information content (AvgIpc) is 1.35. The summed E-state index contributed by atoms with van der Waals surface area (Å²) in [6, 6.07) is 0. The first-order valence-corrected chi connectivity index (χ1v) is 3.80. The maximum absolute atomic E-state index is 9.50. The predicted octanol–water partition coefficient (Wildman–Crippen LogP) is -0.912. The van der Waals surface area contributed by atoms with Gasteiger partial charge in [0.25, 0.3) is 0 Å². The van der Waals surface area contributed by atoms with Crippen LogP contribution in [-0.2, 0) is 19.6 Å². The zero-order valence-corrected chi connectivity index (χ0v) is 4.33. The molecule has 0 radical (unpaired) electrons. The number of nitrogens with two attached hydrogens (primary N) is 1. The molecule has 6 heteroatoms. The summed E-state index contributed by atoms with van der Waals surface area (Å²) in [5.74, 6) is 0. The molecule has 0 aromatic carbocycles. The molecule has 4 nitrogen and oxygen atoms in total. The molecule has 0 aromatic rings. The maximum Gasteiger partial charge on any atom is 0.455 e. The van der Waals surface area contributed by atoms with Crippen molar-refractivity contribution in [1.82, 2.24) is 0 Å². The lowest BCUT2D eigenvalue weighted by Crippen LogP contribution is -1.99. The smallest absolute Gasteiger partial charge is 0.249 e. The Balaban J connectivity index is 4.24. The highest BCUT2D eigenvalue weighted by atomic mass is 32.9. The second-order valence-corrected chi connectivity index (χ2v) is 3.51. The van der Waals surface area contributed by atoms with Crippen LogP contribution in [0.2, 0.25) is 0 Å². The lowest BCUT2D eigenvalue weighted by molar-refractivity contribution is 0.450. The molecule has 4 N–H and O–H groups in total. The summed E-state index contributed by atoms with van der Waals surface area (Å²) in [5, 5.41) is 4.45. The van der Waals surface area contributed by atoms with Crippen LogP contribution in [0.5, 0.6) is 0 Å². The van der Waals surface area contributed by atoms with Crippen LogP contribution in [-0.4, -0.2) is 13.3 Å². The van der Waals surface area contributed by atoms with Gasteiger partial charge in [0.2, 0.25) is 0 Å². The van der Waals surface area contributed by atoms with Gasteiger partial charge in [0.1, 0.15) is 0 Å². The van der Waals surface area contributed by atoms with Gasteiger partial charge in [-0.05, 0) is 0 Å². The van der Waals surface area contributed by atoms with Gasteiger partial charge in [-0.15, -0.1) is 0 Å². The van der Waals surface area contributed by atoms with Gasteiger partial charge in [0.05, 0.1) is 0 Å². The number of rotatable bonds is 0. The average molecular weight is 130 g/mol. The number of hydrogen-bond acceptors (Lipinski definition) is 1. The third-order valence-electron chi connectivity index (χ3n) is 0.125. The lowest BCUT2D eigenvalue weighted by atomic mass is 14.0. The summed E-state index contributed by atoms with van der Waals surface area (Å²) in [6.07, 6.45) is 0. The highest BCUT2D eigenvalue weighted by Crippen LogP contribution is 1.66. The van der Waals surface area contributed by atoms with Crippen LogP contribution in [0.1, 0.15) is 0 Å². The fourth-order valence-electron chi connectivity index (χ4n) is 0. The molecule has 0 atom stereocenters. The molecule has 0 saturated carbocycles. The molecule has 0 heterocycles. The molecule has 0 aliphatic heterocycles. The molecule has 0 rings (SSSR count). The van der Waals surface area contributed by atoms with Crippen molar-refractivity contribution in [1.29, 1.82) is 0 Å². The third-order valence-corrected chi connectivity index (χ3v) is 1.13. The third kappa shape index (κ3) is 4.25. The van der Waals surface area contributed by atoms with Gasteiger partial charge in [-0.1, -0.05) is 5.14 Å². The summed E-state index contributed by atoms with van der Waals surface area (Å²) >= 11 is 0. The molecule has 0 bridgehead atoms. The Morgan fingerprint density at radius 3 is 1.83 bits per heavy atom. The molecule has 0 aliphatic carbocycles. The first-order chi connectivity index (χ1) is 2.56. The normalized spacial score (nSPS) is 11.2. The summed E-state index contributed by atoms with van der Waals surface area (Å²) in [6.45, 7) is 0. The van der Waals surface area contributed by atoms with E-state index in [1.165, 1.54) is 0 Å². The van der Waals surface area contributed by atoms with Crippen molar-refractivity contribution in [2.24, 2.45) is 5.14 Å². The van der Waals surface area contributed by atoms with E-state index >= 15 is 0 Å². The van der Waals surface area contributed by atoms with E-state index in [1.807, 2.05) is 0 Å². The van der Waals surface area contributed by atoms with Gasteiger partial charge < -0.3 is 0 Å². The molecular weight excluding hydrogens is 126 g/mol. The molecule has 0 fully saturated rings. The Labute approximate surface area is 38.8 Å². The minimum Gasteiger partial charge on any atom is -0.249 e. The van der Waals surface area contributed by atoms with Crippen LogP contribution >= 0.6 is 0 Å². The minimum atomic E-state index is -3.72. The molecule has 0 saturated heterocycles. The largest absolute Gasteiger partial charge is 0.455 e. The zero-order valence-electron chi connectivity index (χ0n) is 2.70. The maximum atomic E-state index is 9.50. The Bertz CT molecular complexity index is 122. The van der Waals surface area contributed by atoms with Gasteiger partial charge in [0.15, 0.2) is 0 Å². The first-order valence-electron chi connectivity index (χ1n) is 0.934. The zero-order chi connectivity index (χ0) is 5.21. The Hall–Kier alpha value is 0.250. The van der Waals surface area contributed by atoms with Gasteiger partial charge in [0, 0.05) is 0 Å². The molecule has 0 aromatic heterocycles. The Morgan fingerprint density at radius 2 is 1.83 bits per heavy atom. The quantitative estimate of drug-likeness (QED) is 0.293. The molecule has 0 amide bonds. The summed E-state index contributed by atoms with van der Waals surface area (Å²) < 4.78 is 25.0. The standard InChI is InChI=1S/H3NO3S2/c1-5-6(2,3)4/h1H2,(H-,2,3,4)/p+1. The molecule has 0 aliphatic rings. The molecule has 6 heavy (non-hydrogen) atoms. The van der Waals surface area contributed by atoms with Crippen molar-refractivity contribution in [2.45, 2.75) is 0 Å². The second kappa shape index (κ2) is 1.80. The highest BCUT2D eigenvalue weighted by Gasteiger charge is 2.02. The van der Waals surface area contributed by atoms with Gasteiger partial charge >= 0.3 is 19.6 Å². The Kier molecular flexibility index (Phi) is 1.88. The van der Waals surface area contributed by atoms with E-state index < -0.39 is 9.05 Å². The van der Waals surface area contributed by atoms with E-state index in [4.69, 9.17) is 9.11 Å². The van der Waals surface area contributed by atoms with Crippen LogP contribution in [0.15, 0.2) is 0 Å². The SMILES string of the molecule is N[S+]=S(=O)(O)O. The van der Waals surface area contributed by atoms with Crippen molar-refractivity contribution in [3.8, 4) is 0 Å². The monoisotopic (exact) mass is 130 g/mol. The van der Waals surface area contributed by atoms with Crippen molar-refractivity contribution in [3.05, 3.63) is 0 Å². The summed E-state index contributed by atoms with van der Waals surface area (Å²) in [4.78, 5) is 0. The Morgan fingerprint density at radius 1 is 1.67 bits per heavy atom. The first kappa shape index (κ1) is 6.25. The van der Waals surface area contributed by atoms with E-state index in [0.29, 0.717) is 0 Å². The van der Waals surface area contributed by atoms with Crippen LogP contribution < -0.4 is 5.14 Å². The highest BCUT2D eigenvalue weighted by molar-refractivity contribution is 8.33. The van der Waals surface area contributed by atoms with Crippen molar-refractivity contribution < 1.29 is 13.3 Å². The lowest BCUT2D eigenvalue weighted by Gasteiger charge is -1.65. The van der Waals surface area contributed by atoms with Crippen LogP contribution in [0.4, 0.5) is 0 Å². The van der Waals surface area contributed by atoms with E-state index in [-0.39, 0.29) is 10.5 Å². The van der Waals surface area contributed by atoms with Gasteiger partial charge in [-0.2, -0.15) is 4.21 Å². The van der Waals surface area contributed by atoms with E-state index in [2.05, 4.69) is 5.14 Å². The molecule has 0 spiro atoms.